The summed E-state index contributed by atoms with van der Waals surface area (Å²) in [6.45, 7) is 1.63. The van der Waals surface area contributed by atoms with Crippen molar-refractivity contribution in [3.63, 3.8) is 0 Å². The highest BCUT2D eigenvalue weighted by molar-refractivity contribution is 14.1. The molecule has 0 saturated heterocycles. The maximum atomic E-state index is 13.2. The third-order valence-electron chi connectivity index (χ3n) is 2.04. The smallest absolute Gasteiger partial charge is 0.295 e. The molecule has 1 aromatic rings. The van der Waals surface area contributed by atoms with Gasteiger partial charge >= 0.3 is 6.11 Å². The van der Waals surface area contributed by atoms with Gasteiger partial charge in [-0.1, -0.05) is 18.2 Å². The van der Waals surface area contributed by atoms with Gasteiger partial charge < -0.3 is 0 Å². The van der Waals surface area contributed by atoms with Crippen LogP contribution in [0, 0.1) is 0 Å². The predicted molar refractivity (Wildman–Crippen MR) is 52.8 cm³/mol. The third-order valence-corrected chi connectivity index (χ3v) is 2.84. The lowest BCUT2D eigenvalue weighted by molar-refractivity contribution is -0.258. The Kier molecular flexibility index (Phi) is 1.89. The van der Waals surface area contributed by atoms with Gasteiger partial charge in [0, 0.05) is 5.56 Å². The van der Waals surface area contributed by atoms with Crippen LogP contribution in [0.5, 0.6) is 0 Å². The van der Waals surface area contributed by atoms with Crippen molar-refractivity contribution in [1.82, 2.24) is 0 Å². The molecule has 0 aliphatic carbocycles. The van der Waals surface area contributed by atoms with Crippen LogP contribution in [0.25, 0.3) is 0 Å². The van der Waals surface area contributed by atoms with Crippen LogP contribution in [-0.4, -0.2) is 0 Å². The summed E-state index contributed by atoms with van der Waals surface area (Å²) in [5.74, 6) is 0. The minimum absolute atomic E-state index is 0.0214. The zero-order valence-electron chi connectivity index (χ0n) is 6.85. The van der Waals surface area contributed by atoms with Crippen molar-refractivity contribution in [1.29, 1.82) is 0 Å². The average Bonchev–Trinajstić information content (AvgIpc) is 2.20. The molecule has 4 heteroatoms. The van der Waals surface area contributed by atoms with E-state index in [9.17, 15) is 8.78 Å². The number of ether oxygens (including phenoxy) is 1. The van der Waals surface area contributed by atoms with E-state index in [-0.39, 0.29) is 5.56 Å². The highest BCUT2D eigenvalue weighted by atomic mass is 127. The summed E-state index contributed by atoms with van der Waals surface area (Å²) in [6, 6.07) is 6.40. The van der Waals surface area contributed by atoms with Crippen molar-refractivity contribution in [3.8, 4) is 0 Å². The molecule has 1 heterocycles. The molecular formula is C9H7F2IO. The lowest BCUT2D eigenvalue weighted by atomic mass is 10.1. The molecule has 13 heavy (non-hydrogen) atoms. The Morgan fingerprint density at radius 2 is 1.77 bits per heavy atom. The Hall–Kier alpha value is -0.230. The standard InChI is InChI=1S/C9H7F2IO/c1-8(12)6-4-2-3-5-7(6)9(10,11)13-8/h2-5H,1H3. The summed E-state index contributed by atoms with van der Waals surface area (Å²) in [5.41, 5.74) is 0.535. The van der Waals surface area contributed by atoms with E-state index >= 15 is 0 Å². The second kappa shape index (κ2) is 2.63. The van der Waals surface area contributed by atoms with Gasteiger partial charge in [-0.2, -0.15) is 8.78 Å². The van der Waals surface area contributed by atoms with Crippen LogP contribution in [0.4, 0.5) is 8.78 Å². The Labute approximate surface area is 88.2 Å². The van der Waals surface area contributed by atoms with Crippen molar-refractivity contribution in [2.45, 2.75) is 16.6 Å². The van der Waals surface area contributed by atoms with Crippen LogP contribution < -0.4 is 0 Å². The highest BCUT2D eigenvalue weighted by Gasteiger charge is 2.51. The van der Waals surface area contributed by atoms with E-state index in [2.05, 4.69) is 4.74 Å². The lowest BCUT2D eigenvalue weighted by Crippen LogP contribution is -2.17. The number of rotatable bonds is 0. The number of alkyl halides is 3. The minimum atomic E-state index is -3.15. The molecule has 0 saturated carbocycles. The van der Waals surface area contributed by atoms with Gasteiger partial charge in [-0.25, -0.2) is 0 Å². The maximum Gasteiger partial charge on any atom is 0.385 e. The van der Waals surface area contributed by atoms with Crippen LogP contribution in [0.2, 0.25) is 0 Å². The first-order valence-electron chi connectivity index (χ1n) is 3.80. The summed E-state index contributed by atoms with van der Waals surface area (Å²) in [6.07, 6.45) is -3.15. The van der Waals surface area contributed by atoms with Crippen molar-refractivity contribution in [2.24, 2.45) is 0 Å². The molecule has 2 rings (SSSR count). The van der Waals surface area contributed by atoms with E-state index in [1.54, 1.807) is 25.1 Å². The van der Waals surface area contributed by atoms with Crippen molar-refractivity contribution in [3.05, 3.63) is 35.4 Å². The summed E-state index contributed by atoms with van der Waals surface area (Å²) in [5, 5.41) is 0. The first kappa shape index (κ1) is 9.33. The maximum absolute atomic E-state index is 13.2. The van der Waals surface area contributed by atoms with Crippen LogP contribution in [-0.2, 0) is 14.5 Å². The van der Waals surface area contributed by atoms with Gasteiger partial charge in [0.15, 0.2) is 0 Å². The van der Waals surface area contributed by atoms with Crippen molar-refractivity contribution >= 4 is 22.6 Å². The number of fused-ring (bicyclic) bond motifs is 1. The molecule has 0 spiro atoms. The molecule has 0 radical (unpaired) electrons. The van der Waals surface area contributed by atoms with Crippen molar-refractivity contribution < 1.29 is 13.5 Å². The van der Waals surface area contributed by atoms with Crippen LogP contribution in [0.15, 0.2) is 24.3 Å². The normalized spacial score (nSPS) is 30.2. The molecule has 1 aliphatic heterocycles. The molecule has 0 bridgehead atoms. The molecule has 1 unspecified atom stereocenters. The lowest BCUT2D eigenvalue weighted by Gasteiger charge is -2.17. The molecule has 0 fully saturated rings. The van der Waals surface area contributed by atoms with Crippen LogP contribution in [0.1, 0.15) is 18.1 Å². The fourth-order valence-electron chi connectivity index (χ4n) is 1.48. The van der Waals surface area contributed by atoms with Gasteiger partial charge in [-0.05, 0) is 35.6 Å². The number of halogens is 3. The summed E-state index contributed by atoms with van der Waals surface area (Å²) in [4.78, 5) is 0. The minimum Gasteiger partial charge on any atom is -0.295 e. The molecule has 1 aromatic carbocycles. The topological polar surface area (TPSA) is 9.23 Å². The van der Waals surface area contributed by atoms with Gasteiger partial charge in [0.25, 0.3) is 0 Å². The van der Waals surface area contributed by atoms with E-state index in [1.165, 1.54) is 6.07 Å². The van der Waals surface area contributed by atoms with Gasteiger partial charge in [0.05, 0.1) is 5.56 Å². The number of hydrogen-bond donors (Lipinski definition) is 0. The quantitative estimate of drug-likeness (QED) is 0.527. The van der Waals surface area contributed by atoms with Crippen LogP contribution >= 0.6 is 22.6 Å². The molecule has 0 N–H and O–H groups in total. The SMILES string of the molecule is CC1(I)OC(F)(F)c2ccccc21. The van der Waals surface area contributed by atoms with E-state index in [1.807, 2.05) is 22.6 Å². The number of benzene rings is 1. The highest BCUT2D eigenvalue weighted by Crippen LogP contribution is 2.52. The number of hydrogen-bond acceptors (Lipinski definition) is 1. The van der Waals surface area contributed by atoms with Crippen molar-refractivity contribution in [2.75, 3.05) is 0 Å². The predicted octanol–water partition coefficient (Wildman–Crippen LogP) is 3.37. The van der Waals surface area contributed by atoms with Gasteiger partial charge in [-0.15, -0.1) is 0 Å². The molecular weight excluding hydrogens is 289 g/mol. The molecule has 70 valence electrons. The molecule has 1 nitrogen and oxygen atoms in total. The second-order valence-electron chi connectivity index (χ2n) is 3.08. The summed E-state index contributed by atoms with van der Waals surface area (Å²) >= 11 is 1.88. The summed E-state index contributed by atoms with van der Waals surface area (Å²) < 4.78 is 30.2. The monoisotopic (exact) mass is 296 g/mol. The van der Waals surface area contributed by atoms with E-state index < -0.39 is 9.72 Å². The van der Waals surface area contributed by atoms with Gasteiger partial charge in [0.2, 0.25) is 0 Å². The van der Waals surface area contributed by atoms with E-state index in [0.29, 0.717) is 5.56 Å². The van der Waals surface area contributed by atoms with Gasteiger partial charge in [0.1, 0.15) is 3.61 Å². The first-order chi connectivity index (χ1) is 5.93. The molecule has 1 aliphatic rings. The van der Waals surface area contributed by atoms with E-state index in [0.717, 1.165) is 0 Å². The second-order valence-corrected chi connectivity index (χ2v) is 5.14. The van der Waals surface area contributed by atoms with E-state index in [4.69, 9.17) is 0 Å². The molecule has 1 atom stereocenters. The first-order valence-corrected chi connectivity index (χ1v) is 4.88. The molecule has 0 aromatic heterocycles. The zero-order chi connectivity index (χ0) is 9.69. The Balaban J connectivity index is 2.64. The Bertz CT molecular complexity index is 316. The molecule has 0 amide bonds. The largest absolute Gasteiger partial charge is 0.385 e. The average molecular weight is 296 g/mol. The van der Waals surface area contributed by atoms with Crippen LogP contribution in [0.3, 0.4) is 0 Å². The third kappa shape index (κ3) is 1.36. The fraction of sp³-hybridized carbons (Fsp3) is 0.333. The zero-order valence-corrected chi connectivity index (χ0v) is 9.01. The fourth-order valence-corrected chi connectivity index (χ4v) is 2.22. The Morgan fingerprint density at radius 3 is 2.31 bits per heavy atom. The van der Waals surface area contributed by atoms with Gasteiger partial charge in [-0.3, -0.25) is 4.74 Å². The summed E-state index contributed by atoms with van der Waals surface area (Å²) in [7, 11) is 0. The Morgan fingerprint density at radius 1 is 1.23 bits per heavy atom.